The molecule has 3 aromatic rings. The van der Waals surface area contributed by atoms with Crippen LogP contribution in [0.5, 0.6) is 0 Å². The van der Waals surface area contributed by atoms with E-state index in [2.05, 4.69) is 46.6 Å². The van der Waals surface area contributed by atoms with Crippen LogP contribution in [0.15, 0.2) is 48.8 Å². The van der Waals surface area contributed by atoms with E-state index in [0.717, 1.165) is 22.5 Å². The summed E-state index contributed by atoms with van der Waals surface area (Å²) in [5.41, 5.74) is 12.2. The largest absolute Gasteiger partial charge is 0.393 e. The fraction of sp³-hybridized carbons (Fsp3) is 0.158. The highest BCUT2D eigenvalue weighted by atomic mass is 15.1. The number of aromatic nitrogens is 2. The smallest absolute Gasteiger partial charge is 0.159 e. The normalized spacial score (nSPS) is 10.5. The highest BCUT2D eigenvalue weighted by Crippen LogP contribution is 2.30. The van der Waals surface area contributed by atoms with E-state index in [4.69, 9.17) is 5.73 Å². The van der Waals surface area contributed by atoms with Gasteiger partial charge in [-0.15, -0.1) is 0 Å². The number of nitrogens with two attached hydrogens (primary N) is 1. The minimum atomic E-state index is 0.487. The first kappa shape index (κ1) is 15.8. The second kappa shape index (κ2) is 6.58. The summed E-state index contributed by atoms with van der Waals surface area (Å²) in [6, 6.07) is 14.2. The van der Waals surface area contributed by atoms with Crippen LogP contribution in [0, 0.1) is 20.8 Å². The molecule has 122 valence electrons. The van der Waals surface area contributed by atoms with Crippen molar-refractivity contribution >= 4 is 28.7 Å². The SMILES string of the molecule is Cc1ccc(Nc2ncnc(Nc3ccccc3C)c2N)c(C)c1. The topological polar surface area (TPSA) is 75.9 Å². The van der Waals surface area contributed by atoms with Gasteiger partial charge in [0, 0.05) is 11.4 Å². The molecule has 0 radical (unpaired) electrons. The highest BCUT2D eigenvalue weighted by Gasteiger charge is 2.10. The van der Waals surface area contributed by atoms with E-state index in [1.54, 1.807) is 0 Å². The molecule has 0 aliphatic heterocycles. The lowest BCUT2D eigenvalue weighted by Crippen LogP contribution is -2.06. The molecule has 2 aromatic carbocycles. The number of rotatable bonds is 4. The van der Waals surface area contributed by atoms with Crippen LogP contribution in [0.3, 0.4) is 0 Å². The van der Waals surface area contributed by atoms with Gasteiger partial charge in [0.2, 0.25) is 0 Å². The van der Waals surface area contributed by atoms with Crippen molar-refractivity contribution in [3.8, 4) is 0 Å². The van der Waals surface area contributed by atoms with Gasteiger partial charge < -0.3 is 16.4 Å². The molecule has 0 bridgehead atoms. The summed E-state index contributed by atoms with van der Waals surface area (Å²) in [6.45, 7) is 6.16. The first-order valence-corrected chi connectivity index (χ1v) is 7.82. The summed E-state index contributed by atoms with van der Waals surface area (Å²) < 4.78 is 0. The van der Waals surface area contributed by atoms with Crippen molar-refractivity contribution in [3.63, 3.8) is 0 Å². The number of hydrogen-bond donors (Lipinski definition) is 3. The Morgan fingerprint density at radius 1 is 0.792 bits per heavy atom. The molecule has 0 aliphatic rings. The highest BCUT2D eigenvalue weighted by molar-refractivity contribution is 5.81. The third-order valence-corrected chi connectivity index (χ3v) is 3.92. The van der Waals surface area contributed by atoms with Gasteiger partial charge in [0.1, 0.15) is 12.0 Å². The van der Waals surface area contributed by atoms with Gasteiger partial charge in [-0.1, -0.05) is 35.9 Å². The minimum Gasteiger partial charge on any atom is -0.393 e. The molecule has 0 unspecified atom stereocenters. The molecule has 1 aromatic heterocycles. The number of anilines is 5. The summed E-state index contributed by atoms with van der Waals surface area (Å²) in [5.74, 6) is 1.18. The first-order chi connectivity index (χ1) is 11.5. The third kappa shape index (κ3) is 3.30. The molecule has 5 nitrogen and oxygen atoms in total. The van der Waals surface area contributed by atoms with E-state index in [1.807, 2.05) is 37.3 Å². The molecule has 0 atom stereocenters. The van der Waals surface area contributed by atoms with Gasteiger partial charge in [0.15, 0.2) is 11.6 Å². The minimum absolute atomic E-state index is 0.487. The average Bonchev–Trinajstić information content (AvgIpc) is 2.55. The Bertz CT molecular complexity index is 873. The van der Waals surface area contributed by atoms with Gasteiger partial charge in [-0.2, -0.15) is 0 Å². The molecule has 4 N–H and O–H groups in total. The van der Waals surface area contributed by atoms with Crippen LogP contribution < -0.4 is 16.4 Å². The zero-order chi connectivity index (χ0) is 17.1. The van der Waals surface area contributed by atoms with Crippen molar-refractivity contribution in [2.75, 3.05) is 16.4 Å². The zero-order valence-electron chi connectivity index (χ0n) is 14.1. The summed E-state index contributed by atoms with van der Waals surface area (Å²) in [7, 11) is 0. The lowest BCUT2D eigenvalue weighted by Gasteiger charge is -2.15. The number of para-hydroxylation sites is 1. The van der Waals surface area contributed by atoms with Gasteiger partial charge in [-0.25, -0.2) is 9.97 Å². The monoisotopic (exact) mass is 319 g/mol. The van der Waals surface area contributed by atoms with Crippen LogP contribution >= 0.6 is 0 Å². The van der Waals surface area contributed by atoms with Gasteiger partial charge in [0.05, 0.1) is 0 Å². The summed E-state index contributed by atoms with van der Waals surface area (Å²) >= 11 is 0. The van der Waals surface area contributed by atoms with E-state index >= 15 is 0 Å². The molecule has 1 heterocycles. The van der Waals surface area contributed by atoms with Gasteiger partial charge >= 0.3 is 0 Å². The van der Waals surface area contributed by atoms with Gasteiger partial charge in [-0.3, -0.25) is 0 Å². The van der Waals surface area contributed by atoms with Crippen molar-refractivity contribution in [3.05, 3.63) is 65.5 Å². The summed E-state index contributed by atoms with van der Waals surface area (Å²) in [4.78, 5) is 8.54. The van der Waals surface area contributed by atoms with Crippen molar-refractivity contribution in [2.24, 2.45) is 0 Å². The third-order valence-electron chi connectivity index (χ3n) is 3.92. The maximum atomic E-state index is 6.26. The summed E-state index contributed by atoms with van der Waals surface area (Å²) in [5, 5.41) is 6.57. The van der Waals surface area contributed by atoms with Crippen molar-refractivity contribution in [2.45, 2.75) is 20.8 Å². The second-order valence-corrected chi connectivity index (χ2v) is 5.87. The number of benzene rings is 2. The molecule has 24 heavy (non-hydrogen) atoms. The molecule has 5 heteroatoms. The van der Waals surface area contributed by atoms with Crippen LogP contribution in [0.4, 0.5) is 28.7 Å². The van der Waals surface area contributed by atoms with E-state index in [0.29, 0.717) is 17.3 Å². The van der Waals surface area contributed by atoms with Gasteiger partial charge in [-0.05, 0) is 44.0 Å². The Morgan fingerprint density at radius 2 is 1.42 bits per heavy atom. The van der Waals surface area contributed by atoms with Crippen molar-refractivity contribution < 1.29 is 0 Å². The fourth-order valence-corrected chi connectivity index (χ4v) is 2.52. The summed E-state index contributed by atoms with van der Waals surface area (Å²) in [6.07, 6.45) is 1.50. The molecule has 0 amide bonds. The zero-order valence-corrected chi connectivity index (χ0v) is 14.1. The number of nitrogens with one attached hydrogen (secondary N) is 2. The molecule has 0 saturated carbocycles. The fourth-order valence-electron chi connectivity index (χ4n) is 2.52. The Kier molecular flexibility index (Phi) is 4.33. The maximum absolute atomic E-state index is 6.26. The van der Waals surface area contributed by atoms with Gasteiger partial charge in [0.25, 0.3) is 0 Å². The average molecular weight is 319 g/mol. The number of aryl methyl sites for hydroxylation is 3. The lowest BCUT2D eigenvalue weighted by molar-refractivity contribution is 1.17. The van der Waals surface area contributed by atoms with Crippen LogP contribution in [0.25, 0.3) is 0 Å². The number of nitrogen functional groups attached to an aromatic ring is 1. The Balaban J connectivity index is 1.89. The van der Waals surface area contributed by atoms with E-state index in [-0.39, 0.29) is 0 Å². The standard InChI is InChI=1S/C19H21N5/c1-12-8-9-16(14(3)10-12)24-19-17(20)18(21-11-22-19)23-15-7-5-4-6-13(15)2/h4-11H,20H2,1-3H3,(H2,21,22,23,24). The molecule has 3 rings (SSSR count). The van der Waals surface area contributed by atoms with E-state index in [9.17, 15) is 0 Å². The Labute approximate surface area is 142 Å². The number of nitrogens with zero attached hydrogens (tertiary/aromatic N) is 2. The van der Waals surface area contributed by atoms with E-state index < -0.39 is 0 Å². The molecular weight excluding hydrogens is 298 g/mol. The second-order valence-electron chi connectivity index (χ2n) is 5.87. The van der Waals surface area contributed by atoms with Crippen molar-refractivity contribution in [1.29, 1.82) is 0 Å². The molecule has 0 fully saturated rings. The molecule has 0 aliphatic carbocycles. The lowest BCUT2D eigenvalue weighted by atomic mass is 10.1. The maximum Gasteiger partial charge on any atom is 0.159 e. The van der Waals surface area contributed by atoms with Crippen molar-refractivity contribution in [1.82, 2.24) is 9.97 Å². The Hall–Kier alpha value is -3.08. The Morgan fingerprint density at radius 3 is 2.04 bits per heavy atom. The molecular formula is C19H21N5. The van der Waals surface area contributed by atoms with Crippen LogP contribution in [0.2, 0.25) is 0 Å². The predicted octanol–water partition coefficient (Wildman–Crippen LogP) is 4.47. The van der Waals surface area contributed by atoms with Crippen LogP contribution in [-0.4, -0.2) is 9.97 Å². The predicted molar refractivity (Wildman–Crippen MR) is 100 cm³/mol. The van der Waals surface area contributed by atoms with E-state index in [1.165, 1.54) is 11.9 Å². The van der Waals surface area contributed by atoms with Crippen LogP contribution in [0.1, 0.15) is 16.7 Å². The van der Waals surface area contributed by atoms with Crippen LogP contribution in [-0.2, 0) is 0 Å². The molecule has 0 spiro atoms. The first-order valence-electron chi connectivity index (χ1n) is 7.82. The molecule has 0 saturated heterocycles. The quantitative estimate of drug-likeness (QED) is 0.661. The number of hydrogen-bond acceptors (Lipinski definition) is 5.